The molecule has 2 aromatic carbocycles. The summed E-state index contributed by atoms with van der Waals surface area (Å²) in [6, 6.07) is 13.9. The molecule has 190 valence electrons. The Bertz CT molecular complexity index is 1580. The fourth-order valence-corrected chi connectivity index (χ4v) is 3.91. The summed E-state index contributed by atoms with van der Waals surface area (Å²) >= 11 is 0. The summed E-state index contributed by atoms with van der Waals surface area (Å²) < 4.78 is 28.4. The lowest BCUT2D eigenvalue weighted by Crippen LogP contribution is -2.34. The third-order valence-corrected chi connectivity index (χ3v) is 6.06. The van der Waals surface area contributed by atoms with Crippen molar-refractivity contribution in [1.82, 2.24) is 0 Å². The summed E-state index contributed by atoms with van der Waals surface area (Å²) in [6.07, 6.45) is -0.857. The lowest BCUT2D eigenvalue weighted by molar-refractivity contribution is -0.123. The van der Waals surface area contributed by atoms with Gasteiger partial charge in [0.05, 0.1) is 19.6 Å². The Morgan fingerprint density at radius 2 is 1.81 bits per heavy atom. The number of nitriles is 1. The lowest BCUT2D eigenvalue weighted by atomic mass is 10.1. The zero-order valence-corrected chi connectivity index (χ0v) is 21.1. The quantitative estimate of drug-likeness (QED) is 0.342. The monoisotopic (exact) mass is 502 g/mol. The van der Waals surface area contributed by atoms with Gasteiger partial charge in [-0.15, -0.1) is 0 Å². The minimum Gasteiger partial charge on any atom is -0.493 e. The molecule has 1 N–H and O–H groups in total. The maximum atomic E-state index is 13.5. The highest BCUT2D eigenvalue weighted by Gasteiger charge is 2.27. The normalized spacial score (nSPS) is 11.6. The lowest BCUT2D eigenvalue weighted by Gasteiger charge is -2.19. The van der Waals surface area contributed by atoms with Crippen LogP contribution in [0.4, 0.5) is 5.88 Å². The van der Waals surface area contributed by atoms with E-state index in [0.717, 1.165) is 0 Å². The van der Waals surface area contributed by atoms with Crippen LogP contribution in [0.15, 0.2) is 56.1 Å². The van der Waals surface area contributed by atoms with Crippen LogP contribution < -0.4 is 25.0 Å². The van der Waals surface area contributed by atoms with E-state index in [2.05, 4.69) is 5.32 Å². The Morgan fingerprint density at radius 1 is 1.08 bits per heavy atom. The SMILES string of the molecule is CCC(Oc1c(-c2ccc(OC)c(OC)c2)oc2ccccc2c1=O)C(=O)Nc1oc(C)c(C)c1C#N. The van der Waals surface area contributed by atoms with E-state index >= 15 is 0 Å². The molecule has 2 aromatic heterocycles. The molecule has 0 aliphatic carbocycles. The van der Waals surface area contributed by atoms with Crippen molar-refractivity contribution < 1.29 is 27.8 Å². The first kappa shape index (κ1) is 25.4. The second kappa shape index (κ2) is 10.5. The van der Waals surface area contributed by atoms with Crippen LogP contribution >= 0.6 is 0 Å². The Kier molecular flexibility index (Phi) is 7.20. The van der Waals surface area contributed by atoms with Gasteiger partial charge in [-0.25, -0.2) is 0 Å². The van der Waals surface area contributed by atoms with Crippen molar-refractivity contribution in [1.29, 1.82) is 5.26 Å². The number of carbonyl (C=O) groups is 1. The third kappa shape index (κ3) is 4.74. The molecule has 2 heterocycles. The maximum absolute atomic E-state index is 13.5. The van der Waals surface area contributed by atoms with Crippen molar-refractivity contribution >= 4 is 22.8 Å². The van der Waals surface area contributed by atoms with Crippen LogP contribution in [0.3, 0.4) is 0 Å². The van der Waals surface area contributed by atoms with Crippen molar-refractivity contribution in [3.63, 3.8) is 0 Å². The molecule has 1 unspecified atom stereocenters. The van der Waals surface area contributed by atoms with Crippen LogP contribution in [0.1, 0.15) is 30.2 Å². The van der Waals surface area contributed by atoms with Crippen molar-refractivity contribution in [2.45, 2.75) is 33.3 Å². The third-order valence-electron chi connectivity index (χ3n) is 6.06. The molecule has 4 aromatic rings. The number of para-hydroxylation sites is 1. The molecule has 0 spiro atoms. The van der Waals surface area contributed by atoms with Gasteiger partial charge in [-0.3, -0.25) is 14.9 Å². The molecule has 9 nitrogen and oxygen atoms in total. The highest BCUT2D eigenvalue weighted by atomic mass is 16.5. The zero-order valence-electron chi connectivity index (χ0n) is 21.1. The van der Waals surface area contributed by atoms with Gasteiger partial charge in [-0.1, -0.05) is 19.1 Å². The number of ether oxygens (including phenoxy) is 3. The number of hydrogen-bond acceptors (Lipinski definition) is 8. The molecule has 0 bridgehead atoms. The highest BCUT2D eigenvalue weighted by molar-refractivity contribution is 5.94. The molecule has 37 heavy (non-hydrogen) atoms. The van der Waals surface area contributed by atoms with E-state index in [9.17, 15) is 14.9 Å². The van der Waals surface area contributed by atoms with Crippen molar-refractivity contribution in [3.8, 4) is 34.6 Å². The predicted molar refractivity (Wildman–Crippen MR) is 137 cm³/mol. The number of furan rings is 1. The molecule has 0 saturated carbocycles. The summed E-state index contributed by atoms with van der Waals surface area (Å²) in [5, 5.41) is 12.4. The summed E-state index contributed by atoms with van der Waals surface area (Å²) in [5.41, 5.74) is 1.30. The van der Waals surface area contributed by atoms with Gasteiger partial charge >= 0.3 is 0 Å². The van der Waals surface area contributed by atoms with E-state index in [0.29, 0.717) is 39.4 Å². The number of methoxy groups -OCH3 is 2. The summed E-state index contributed by atoms with van der Waals surface area (Å²) in [5.74, 6) is 0.929. The van der Waals surface area contributed by atoms with E-state index in [1.54, 1.807) is 63.2 Å². The number of carbonyl (C=O) groups excluding carboxylic acids is 1. The van der Waals surface area contributed by atoms with E-state index in [1.165, 1.54) is 14.2 Å². The topological polar surface area (TPSA) is 124 Å². The van der Waals surface area contributed by atoms with E-state index in [1.807, 2.05) is 6.07 Å². The van der Waals surface area contributed by atoms with Crippen LogP contribution in [-0.4, -0.2) is 26.2 Å². The van der Waals surface area contributed by atoms with Gasteiger partial charge in [0, 0.05) is 11.1 Å². The standard InChI is InChI=1S/C28H26N2O7/c1-6-20(27(32)30-28-19(14-29)15(2)16(3)35-28)36-26-24(31)18-9-7-8-10-21(18)37-25(26)17-11-12-22(33-4)23(13-17)34-5/h7-13,20H,6H2,1-5H3,(H,30,32). The fourth-order valence-electron chi connectivity index (χ4n) is 3.91. The minimum absolute atomic E-state index is 0.0372. The van der Waals surface area contributed by atoms with E-state index < -0.39 is 17.4 Å². The number of benzene rings is 2. The summed E-state index contributed by atoms with van der Waals surface area (Å²) in [6.45, 7) is 5.18. The number of aryl methyl sites for hydroxylation is 1. The first-order valence-electron chi connectivity index (χ1n) is 11.6. The van der Waals surface area contributed by atoms with Gasteiger partial charge in [-0.2, -0.15) is 5.26 Å². The molecule has 0 saturated heterocycles. The predicted octanol–water partition coefficient (Wildman–Crippen LogP) is 5.35. The minimum atomic E-state index is -1.08. The zero-order chi connectivity index (χ0) is 26.7. The Morgan fingerprint density at radius 3 is 2.49 bits per heavy atom. The number of amides is 1. The Labute approximate surface area is 213 Å². The average Bonchev–Trinajstić information content (AvgIpc) is 3.18. The second-order valence-corrected chi connectivity index (χ2v) is 8.26. The Hall–Kier alpha value is -4.71. The molecular formula is C28H26N2O7. The molecule has 1 atom stereocenters. The van der Waals surface area contributed by atoms with Gasteiger partial charge < -0.3 is 23.0 Å². The van der Waals surface area contributed by atoms with Gasteiger partial charge in [-0.05, 0) is 50.6 Å². The first-order chi connectivity index (χ1) is 17.8. The van der Waals surface area contributed by atoms with E-state index in [4.69, 9.17) is 23.0 Å². The molecule has 9 heteroatoms. The number of rotatable bonds is 8. The second-order valence-electron chi connectivity index (χ2n) is 8.26. The molecule has 0 radical (unpaired) electrons. The van der Waals surface area contributed by atoms with Crippen molar-refractivity contribution in [3.05, 3.63) is 69.6 Å². The van der Waals surface area contributed by atoms with Gasteiger partial charge in [0.25, 0.3) is 5.91 Å². The van der Waals surface area contributed by atoms with Crippen LogP contribution in [0.5, 0.6) is 17.2 Å². The van der Waals surface area contributed by atoms with E-state index in [-0.39, 0.29) is 29.4 Å². The molecule has 4 rings (SSSR count). The number of nitrogens with one attached hydrogen (secondary N) is 1. The largest absolute Gasteiger partial charge is 0.493 e. The smallest absolute Gasteiger partial charge is 0.267 e. The molecule has 1 amide bonds. The van der Waals surface area contributed by atoms with Gasteiger partial charge in [0.2, 0.25) is 17.1 Å². The van der Waals surface area contributed by atoms with Gasteiger partial charge in [0.1, 0.15) is 23.0 Å². The molecule has 0 aliphatic rings. The van der Waals surface area contributed by atoms with Crippen LogP contribution in [-0.2, 0) is 4.79 Å². The average molecular weight is 503 g/mol. The summed E-state index contributed by atoms with van der Waals surface area (Å²) in [7, 11) is 3.02. The van der Waals surface area contributed by atoms with Gasteiger partial charge in [0.15, 0.2) is 23.4 Å². The number of anilines is 1. The van der Waals surface area contributed by atoms with Crippen LogP contribution in [0.2, 0.25) is 0 Å². The number of nitrogens with zero attached hydrogens (tertiary/aromatic N) is 1. The summed E-state index contributed by atoms with van der Waals surface area (Å²) in [4.78, 5) is 26.7. The van der Waals surface area contributed by atoms with Crippen molar-refractivity contribution in [2.24, 2.45) is 0 Å². The fraction of sp³-hybridized carbons (Fsp3) is 0.250. The number of fused-ring (bicyclic) bond motifs is 1. The van der Waals surface area contributed by atoms with Crippen LogP contribution in [0.25, 0.3) is 22.3 Å². The molecular weight excluding hydrogens is 476 g/mol. The Balaban J connectivity index is 1.79. The van der Waals surface area contributed by atoms with Crippen LogP contribution in [0, 0.1) is 25.2 Å². The molecule has 0 fully saturated rings. The van der Waals surface area contributed by atoms with Crippen molar-refractivity contribution in [2.75, 3.05) is 19.5 Å². The number of hydrogen-bond donors (Lipinski definition) is 1. The maximum Gasteiger partial charge on any atom is 0.267 e. The first-order valence-corrected chi connectivity index (χ1v) is 11.6. The highest BCUT2D eigenvalue weighted by Crippen LogP contribution is 2.37. The molecule has 0 aliphatic heterocycles.